The Kier molecular flexibility index (Phi) is 8.14. The lowest BCUT2D eigenvalue weighted by atomic mass is 9.56. The lowest BCUT2D eigenvalue weighted by molar-refractivity contribution is -0.125. The van der Waals surface area contributed by atoms with Gasteiger partial charge >= 0.3 is 0 Å². The lowest BCUT2D eigenvalue weighted by Crippen LogP contribution is -2.60. The summed E-state index contributed by atoms with van der Waals surface area (Å²) < 4.78 is 24.8. The van der Waals surface area contributed by atoms with Crippen LogP contribution in [0.4, 0.5) is 21.5 Å². The molecule has 3 aromatic rings. The van der Waals surface area contributed by atoms with E-state index in [9.17, 15) is 28.7 Å². The number of carbonyl (C=O) groups is 4. The van der Waals surface area contributed by atoms with Gasteiger partial charge in [-0.2, -0.15) is 0 Å². The Morgan fingerprint density at radius 2 is 1.49 bits per heavy atom. The number of halogens is 4. The highest BCUT2D eigenvalue weighted by Gasteiger charge is 2.76. The molecule has 3 aliphatic heterocycles. The Labute approximate surface area is 307 Å². The van der Waals surface area contributed by atoms with Crippen molar-refractivity contribution in [1.82, 2.24) is 0 Å². The van der Waals surface area contributed by atoms with Gasteiger partial charge in [0.25, 0.3) is 11.8 Å². The summed E-state index contributed by atoms with van der Waals surface area (Å²) in [7, 11) is 1.33. The Morgan fingerprint density at radius 3 is 2.16 bits per heavy atom. The van der Waals surface area contributed by atoms with Gasteiger partial charge in [0.05, 0.1) is 48.6 Å². The van der Waals surface area contributed by atoms with Crippen LogP contribution < -0.4 is 19.4 Å². The largest absolute Gasteiger partial charge is 0.503 e. The highest BCUT2D eigenvalue weighted by Crippen LogP contribution is 2.66. The van der Waals surface area contributed by atoms with Crippen LogP contribution in [0.5, 0.6) is 11.5 Å². The molecule has 3 saturated heterocycles. The molecule has 0 aromatic heterocycles. The summed E-state index contributed by atoms with van der Waals surface area (Å²) in [6.07, 6.45) is 1.73. The van der Waals surface area contributed by atoms with E-state index in [-0.39, 0.29) is 41.0 Å². The molecule has 5 aliphatic rings. The zero-order chi connectivity index (χ0) is 36.0. The van der Waals surface area contributed by atoms with Crippen molar-refractivity contribution in [3.05, 3.63) is 88.7 Å². The summed E-state index contributed by atoms with van der Waals surface area (Å²) in [6.45, 7) is 2.66. The molecule has 4 fully saturated rings. The Morgan fingerprint density at radius 1 is 0.863 bits per heavy atom. The second kappa shape index (κ2) is 12.2. The number of fused-ring (bicyclic) bond motifs is 4. The predicted octanol–water partition coefficient (Wildman–Crippen LogP) is 5.80. The molecule has 10 nitrogen and oxygen atoms in total. The minimum atomic E-state index is -2.17. The van der Waals surface area contributed by atoms with E-state index >= 15 is 0 Å². The van der Waals surface area contributed by atoms with E-state index in [2.05, 4.69) is 4.90 Å². The number of imide groups is 2. The fourth-order valence-corrected chi connectivity index (χ4v) is 9.73. The number of benzene rings is 3. The first-order chi connectivity index (χ1) is 24.4. The zero-order valence-electron chi connectivity index (χ0n) is 27.2. The number of allylic oxidation sites excluding steroid dienone is 2. The minimum absolute atomic E-state index is 0.0136. The standard InChI is InChI=1S/C37H31Cl3FN3O7/c1-50-28-17-19(16-27(38)31(28)45)30-24-10-11-25-29(33(47)43(32(25)46)22-8-6-21(7-9-22)42-12-14-51-15-13-42)26(24)18-36(39)34(48)44(35(49)37(30,36)40)23-4-2-20(41)3-5-23/h2-10,16-17,25-26,29-30,45H,11-15,18H2,1H3. The Balaban J connectivity index is 1.23. The maximum atomic E-state index is 14.6. The first-order valence-corrected chi connectivity index (χ1v) is 17.6. The zero-order valence-corrected chi connectivity index (χ0v) is 29.4. The van der Waals surface area contributed by atoms with Crippen molar-refractivity contribution in [2.75, 3.05) is 48.1 Å². The second-order valence-electron chi connectivity index (χ2n) is 13.4. The second-order valence-corrected chi connectivity index (χ2v) is 15.1. The van der Waals surface area contributed by atoms with Crippen LogP contribution in [0.3, 0.4) is 0 Å². The number of rotatable bonds is 5. The molecule has 3 heterocycles. The third-order valence-corrected chi connectivity index (χ3v) is 12.7. The lowest BCUT2D eigenvalue weighted by Gasteiger charge is -2.50. The highest BCUT2D eigenvalue weighted by atomic mass is 35.5. The fourth-order valence-electron chi connectivity index (χ4n) is 8.58. The van der Waals surface area contributed by atoms with Crippen LogP contribution in [-0.2, 0) is 23.9 Å². The van der Waals surface area contributed by atoms with Gasteiger partial charge in [0.15, 0.2) is 21.2 Å². The van der Waals surface area contributed by atoms with Gasteiger partial charge < -0.3 is 19.5 Å². The van der Waals surface area contributed by atoms with Crippen LogP contribution in [0.1, 0.15) is 24.3 Å². The number of morpholine rings is 1. The van der Waals surface area contributed by atoms with Gasteiger partial charge in [-0.3, -0.25) is 24.1 Å². The molecule has 14 heteroatoms. The third-order valence-electron chi connectivity index (χ3n) is 11.0. The van der Waals surface area contributed by atoms with Crippen molar-refractivity contribution in [2.24, 2.45) is 17.8 Å². The number of phenolic OH excluding ortho intramolecular Hbond substituents is 1. The topological polar surface area (TPSA) is 117 Å². The minimum Gasteiger partial charge on any atom is -0.503 e. The SMILES string of the molecule is COc1cc(C2C3=CCC4C(=O)N(c5ccc(N6CCOCC6)cc5)C(=O)C4C3CC3(Cl)C(=O)N(c4ccc(F)cc4)C(=O)C23Cl)cc(Cl)c1O. The summed E-state index contributed by atoms with van der Waals surface area (Å²) in [5.74, 6) is -7.08. The molecule has 0 bridgehead atoms. The number of ether oxygens (including phenoxy) is 2. The number of alkyl halides is 2. The molecule has 51 heavy (non-hydrogen) atoms. The molecule has 0 radical (unpaired) electrons. The van der Waals surface area contributed by atoms with E-state index < -0.39 is 57.0 Å². The van der Waals surface area contributed by atoms with Crippen LogP contribution in [-0.4, -0.2) is 71.9 Å². The summed E-state index contributed by atoms with van der Waals surface area (Å²) in [5.41, 5.74) is 2.27. The van der Waals surface area contributed by atoms with Crippen LogP contribution >= 0.6 is 34.8 Å². The molecule has 264 valence electrons. The van der Waals surface area contributed by atoms with Crippen LogP contribution in [0.15, 0.2) is 72.3 Å². The van der Waals surface area contributed by atoms with Crippen molar-refractivity contribution >= 4 is 75.5 Å². The first kappa shape index (κ1) is 34.0. The van der Waals surface area contributed by atoms with Crippen molar-refractivity contribution in [3.8, 4) is 11.5 Å². The molecule has 0 spiro atoms. The van der Waals surface area contributed by atoms with Gasteiger partial charge in [0.1, 0.15) is 5.82 Å². The van der Waals surface area contributed by atoms with Gasteiger partial charge in [-0.15, -0.1) is 23.2 Å². The van der Waals surface area contributed by atoms with Gasteiger partial charge in [-0.1, -0.05) is 23.3 Å². The molecule has 8 rings (SSSR count). The van der Waals surface area contributed by atoms with E-state index in [1.54, 1.807) is 18.2 Å². The molecule has 6 atom stereocenters. The van der Waals surface area contributed by atoms with E-state index in [0.29, 0.717) is 30.0 Å². The molecule has 4 amide bonds. The number of hydrogen-bond donors (Lipinski definition) is 1. The maximum absolute atomic E-state index is 14.6. The molecular formula is C37H31Cl3FN3O7. The van der Waals surface area contributed by atoms with E-state index in [4.69, 9.17) is 44.3 Å². The summed E-state index contributed by atoms with van der Waals surface area (Å²) in [6, 6.07) is 14.9. The molecule has 6 unspecified atom stereocenters. The third kappa shape index (κ3) is 4.85. The quantitative estimate of drug-likeness (QED) is 0.198. The summed E-state index contributed by atoms with van der Waals surface area (Å²) in [5, 5.41) is 10.5. The van der Waals surface area contributed by atoms with E-state index in [0.717, 1.165) is 35.8 Å². The number of amides is 4. The number of hydrogen-bond acceptors (Lipinski definition) is 8. The van der Waals surface area contributed by atoms with Crippen LogP contribution in [0.25, 0.3) is 0 Å². The van der Waals surface area contributed by atoms with Gasteiger partial charge in [0.2, 0.25) is 11.8 Å². The number of nitrogens with zero attached hydrogens (tertiary/aromatic N) is 3. The van der Waals surface area contributed by atoms with Crippen molar-refractivity contribution in [3.63, 3.8) is 0 Å². The molecule has 3 aromatic carbocycles. The maximum Gasteiger partial charge on any atom is 0.258 e. The van der Waals surface area contributed by atoms with Crippen LogP contribution in [0, 0.1) is 23.6 Å². The summed E-state index contributed by atoms with van der Waals surface area (Å²) >= 11 is 21.3. The highest BCUT2D eigenvalue weighted by molar-refractivity contribution is 6.58. The van der Waals surface area contributed by atoms with E-state index in [1.165, 1.54) is 36.3 Å². The molecule has 1 saturated carbocycles. The summed E-state index contributed by atoms with van der Waals surface area (Å²) in [4.78, 5) is 57.5. The first-order valence-electron chi connectivity index (χ1n) is 16.5. The number of phenols is 1. The van der Waals surface area contributed by atoms with Crippen LogP contribution in [0.2, 0.25) is 5.02 Å². The number of methoxy groups -OCH3 is 1. The predicted molar refractivity (Wildman–Crippen MR) is 188 cm³/mol. The Hall–Kier alpha value is -4.16. The number of anilines is 3. The van der Waals surface area contributed by atoms with Gasteiger partial charge in [-0.25, -0.2) is 9.29 Å². The Bertz CT molecular complexity index is 2020. The smallest absolute Gasteiger partial charge is 0.258 e. The fraction of sp³-hybridized carbons (Fsp3) is 0.351. The molecule has 2 aliphatic carbocycles. The molecule has 1 N–H and O–H groups in total. The van der Waals surface area contributed by atoms with Gasteiger partial charge in [-0.05, 0) is 85.0 Å². The normalized spacial score (nSPS) is 30.3. The average molecular weight is 755 g/mol. The van der Waals surface area contributed by atoms with Crippen molar-refractivity contribution < 1.29 is 38.1 Å². The van der Waals surface area contributed by atoms with Gasteiger partial charge in [0, 0.05) is 24.7 Å². The monoisotopic (exact) mass is 753 g/mol. The van der Waals surface area contributed by atoms with E-state index in [1.807, 2.05) is 12.1 Å². The number of carbonyl (C=O) groups excluding carboxylic acids is 4. The van der Waals surface area contributed by atoms with Crippen molar-refractivity contribution in [1.29, 1.82) is 0 Å². The molecular weight excluding hydrogens is 724 g/mol. The average Bonchev–Trinajstić information content (AvgIpc) is 3.47. The van der Waals surface area contributed by atoms with Crippen molar-refractivity contribution in [2.45, 2.75) is 28.5 Å². The number of aromatic hydroxyl groups is 1.